The molecule has 0 saturated carbocycles. The molecule has 1 aromatic rings. The normalized spacial score (nSPS) is 12.2. The van der Waals surface area contributed by atoms with E-state index >= 15 is 0 Å². The van der Waals surface area contributed by atoms with Crippen molar-refractivity contribution in [2.24, 2.45) is 0 Å². The number of carbonyl (C=O) groups excluding carboxylic acids is 1. The largest absolute Gasteiger partial charge is 0.322 e. The molecule has 0 aliphatic heterocycles. The summed E-state index contributed by atoms with van der Waals surface area (Å²) in [6.07, 6.45) is 1.16. The van der Waals surface area contributed by atoms with Crippen LogP contribution in [0.3, 0.4) is 0 Å². The molecule has 0 spiro atoms. The zero-order chi connectivity index (χ0) is 16.3. The van der Waals surface area contributed by atoms with Crippen molar-refractivity contribution in [1.82, 2.24) is 5.32 Å². The van der Waals surface area contributed by atoms with Crippen molar-refractivity contribution in [3.8, 4) is 0 Å². The molecule has 21 heavy (non-hydrogen) atoms. The number of amides is 1. The summed E-state index contributed by atoms with van der Waals surface area (Å²) in [5.74, 6) is -0.352. The van der Waals surface area contributed by atoms with Crippen LogP contribution in [0.5, 0.6) is 0 Å². The van der Waals surface area contributed by atoms with Gasteiger partial charge in [-0.1, -0.05) is 29.3 Å². The van der Waals surface area contributed by atoms with E-state index in [4.69, 9.17) is 23.2 Å². The second-order valence-electron chi connectivity index (χ2n) is 5.28. The Labute approximate surface area is 134 Å². The van der Waals surface area contributed by atoms with E-state index in [1.165, 1.54) is 0 Å². The first-order valence-corrected chi connectivity index (χ1v) is 8.83. The zero-order valence-electron chi connectivity index (χ0n) is 12.0. The fourth-order valence-corrected chi connectivity index (χ4v) is 2.27. The van der Waals surface area contributed by atoms with E-state index in [1.807, 2.05) is 0 Å². The highest BCUT2D eigenvalue weighted by molar-refractivity contribution is 7.92. The minimum atomic E-state index is -3.21. The van der Waals surface area contributed by atoms with Crippen LogP contribution in [-0.4, -0.2) is 38.4 Å². The molecule has 8 heteroatoms. The van der Waals surface area contributed by atoms with Crippen molar-refractivity contribution >= 4 is 44.6 Å². The number of carbonyl (C=O) groups is 1. The molecule has 0 aliphatic carbocycles. The number of anilines is 1. The van der Waals surface area contributed by atoms with Gasteiger partial charge in [0, 0.05) is 12.8 Å². The van der Waals surface area contributed by atoms with Crippen LogP contribution < -0.4 is 10.6 Å². The molecule has 118 valence electrons. The maximum absolute atomic E-state index is 11.8. The second kappa shape index (κ2) is 6.96. The Hall–Kier alpha value is -0.820. The summed E-state index contributed by atoms with van der Waals surface area (Å²) in [5, 5.41) is 6.08. The summed E-state index contributed by atoms with van der Waals surface area (Å²) in [6.45, 7) is 3.31. The number of hydrogen-bond acceptors (Lipinski definition) is 4. The first kappa shape index (κ1) is 18.2. The fourth-order valence-electron chi connectivity index (χ4n) is 1.41. The van der Waals surface area contributed by atoms with Gasteiger partial charge in [0.05, 0.1) is 27.0 Å². The summed E-state index contributed by atoms with van der Waals surface area (Å²) in [7, 11) is -3.21. The van der Waals surface area contributed by atoms with E-state index in [9.17, 15) is 13.2 Å². The van der Waals surface area contributed by atoms with E-state index in [-0.39, 0.29) is 19.0 Å². The van der Waals surface area contributed by atoms with Gasteiger partial charge >= 0.3 is 0 Å². The highest BCUT2D eigenvalue weighted by Gasteiger charge is 2.29. The number of nitrogens with one attached hydrogen (secondary N) is 2. The Morgan fingerprint density at radius 1 is 1.24 bits per heavy atom. The Morgan fingerprint density at radius 2 is 1.76 bits per heavy atom. The van der Waals surface area contributed by atoms with Gasteiger partial charge in [-0.3, -0.25) is 4.79 Å². The standard InChI is InChI=1S/C13H18Cl2N2O3S/c1-13(2,21(3,19)20)8-16-7-11(18)17-12-9(14)5-4-6-10(12)15/h4-6,16H,7-8H2,1-3H3,(H,17,18). The van der Waals surface area contributed by atoms with E-state index in [2.05, 4.69) is 10.6 Å². The zero-order valence-corrected chi connectivity index (χ0v) is 14.4. The number of para-hydroxylation sites is 1. The number of rotatable bonds is 6. The molecule has 0 aliphatic rings. The van der Waals surface area contributed by atoms with Gasteiger partial charge in [0.15, 0.2) is 9.84 Å². The lowest BCUT2D eigenvalue weighted by Crippen LogP contribution is -2.43. The summed E-state index contributed by atoms with van der Waals surface area (Å²) in [4.78, 5) is 11.8. The van der Waals surface area contributed by atoms with Crippen molar-refractivity contribution in [3.63, 3.8) is 0 Å². The van der Waals surface area contributed by atoms with Crippen LogP contribution in [0.15, 0.2) is 18.2 Å². The van der Waals surface area contributed by atoms with Gasteiger partial charge in [-0.2, -0.15) is 0 Å². The summed E-state index contributed by atoms with van der Waals surface area (Å²) < 4.78 is 22.1. The minimum Gasteiger partial charge on any atom is -0.322 e. The molecular weight excluding hydrogens is 335 g/mol. The van der Waals surface area contributed by atoms with Crippen LogP contribution in [-0.2, 0) is 14.6 Å². The average Bonchev–Trinajstić information content (AvgIpc) is 2.32. The fraction of sp³-hybridized carbons (Fsp3) is 0.462. The van der Waals surface area contributed by atoms with Gasteiger partial charge in [-0.25, -0.2) is 8.42 Å². The number of benzene rings is 1. The molecule has 0 bridgehead atoms. The third-order valence-electron chi connectivity index (χ3n) is 3.07. The van der Waals surface area contributed by atoms with Crippen molar-refractivity contribution < 1.29 is 13.2 Å². The third-order valence-corrected chi connectivity index (χ3v) is 5.85. The molecule has 0 aromatic heterocycles. The molecule has 1 rings (SSSR count). The molecular formula is C13H18Cl2N2O3S. The van der Waals surface area contributed by atoms with Crippen LogP contribution >= 0.6 is 23.2 Å². The van der Waals surface area contributed by atoms with E-state index in [0.717, 1.165) is 6.26 Å². The van der Waals surface area contributed by atoms with Gasteiger partial charge in [0.1, 0.15) is 0 Å². The molecule has 0 saturated heterocycles. The van der Waals surface area contributed by atoms with Crippen LogP contribution in [0.2, 0.25) is 10.0 Å². The van der Waals surface area contributed by atoms with Crippen LogP contribution in [0.25, 0.3) is 0 Å². The molecule has 0 atom stereocenters. The first-order valence-electron chi connectivity index (χ1n) is 6.19. The van der Waals surface area contributed by atoms with E-state index in [1.54, 1.807) is 32.0 Å². The van der Waals surface area contributed by atoms with Gasteiger partial charge in [-0.15, -0.1) is 0 Å². The maximum atomic E-state index is 11.8. The lowest BCUT2D eigenvalue weighted by molar-refractivity contribution is -0.115. The third kappa shape index (κ3) is 5.14. The summed E-state index contributed by atoms with van der Waals surface area (Å²) in [6, 6.07) is 4.90. The first-order chi connectivity index (χ1) is 9.54. The SMILES string of the molecule is CC(C)(CNCC(=O)Nc1c(Cl)cccc1Cl)S(C)(=O)=O. The average molecular weight is 353 g/mol. The summed E-state index contributed by atoms with van der Waals surface area (Å²) in [5.41, 5.74) is 0.343. The van der Waals surface area contributed by atoms with E-state index in [0.29, 0.717) is 15.7 Å². The molecule has 0 fully saturated rings. The van der Waals surface area contributed by atoms with Gasteiger partial charge in [0.2, 0.25) is 5.91 Å². The van der Waals surface area contributed by atoms with Crippen LogP contribution in [0.4, 0.5) is 5.69 Å². The predicted molar refractivity (Wildman–Crippen MR) is 86.9 cm³/mol. The van der Waals surface area contributed by atoms with Crippen LogP contribution in [0.1, 0.15) is 13.8 Å². The van der Waals surface area contributed by atoms with Crippen molar-refractivity contribution in [2.75, 3.05) is 24.7 Å². The highest BCUT2D eigenvalue weighted by Crippen LogP contribution is 2.29. The maximum Gasteiger partial charge on any atom is 0.238 e. The van der Waals surface area contributed by atoms with Crippen molar-refractivity contribution in [1.29, 1.82) is 0 Å². The Morgan fingerprint density at radius 3 is 2.24 bits per heavy atom. The Kier molecular flexibility index (Phi) is 6.04. The number of halogens is 2. The van der Waals surface area contributed by atoms with Crippen molar-refractivity contribution in [2.45, 2.75) is 18.6 Å². The monoisotopic (exact) mass is 352 g/mol. The lowest BCUT2D eigenvalue weighted by Gasteiger charge is -2.22. The lowest BCUT2D eigenvalue weighted by atomic mass is 10.2. The molecule has 5 nitrogen and oxygen atoms in total. The molecule has 0 unspecified atom stereocenters. The topological polar surface area (TPSA) is 75.3 Å². The van der Waals surface area contributed by atoms with Gasteiger partial charge in [-0.05, 0) is 26.0 Å². The highest BCUT2D eigenvalue weighted by atomic mass is 35.5. The molecule has 0 heterocycles. The van der Waals surface area contributed by atoms with Gasteiger partial charge in [0.25, 0.3) is 0 Å². The quantitative estimate of drug-likeness (QED) is 0.823. The Bertz CT molecular complexity index is 610. The van der Waals surface area contributed by atoms with E-state index < -0.39 is 14.6 Å². The number of sulfone groups is 1. The number of hydrogen-bond donors (Lipinski definition) is 2. The molecule has 2 N–H and O–H groups in total. The molecule has 1 aromatic carbocycles. The van der Waals surface area contributed by atoms with Crippen LogP contribution in [0, 0.1) is 0 Å². The molecule has 1 amide bonds. The minimum absolute atomic E-state index is 0.0412. The smallest absolute Gasteiger partial charge is 0.238 e. The Balaban J connectivity index is 2.57. The predicted octanol–water partition coefficient (Wildman–Crippen LogP) is 2.34. The summed E-state index contributed by atoms with van der Waals surface area (Å²) >= 11 is 11.9. The second-order valence-corrected chi connectivity index (χ2v) is 8.74. The van der Waals surface area contributed by atoms with Crippen molar-refractivity contribution in [3.05, 3.63) is 28.2 Å². The van der Waals surface area contributed by atoms with Gasteiger partial charge < -0.3 is 10.6 Å². The molecule has 0 radical (unpaired) electrons.